The Morgan fingerprint density at radius 2 is 0.962 bits per heavy atom. The van der Waals surface area contributed by atoms with Gasteiger partial charge in [0.05, 0.1) is 0 Å². The first-order valence-corrected chi connectivity index (χ1v) is 18.2. The van der Waals surface area contributed by atoms with Crippen molar-refractivity contribution in [1.29, 1.82) is 0 Å². The van der Waals surface area contributed by atoms with E-state index in [0.717, 1.165) is 11.2 Å². The molecule has 1 aliphatic carbocycles. The van der Waals surface area contributed by atoms with Crippen LogP contribution in [0, 0.1) is 0 Å². The lowest BCUT2D eigenvalue weighted by Gasteiger charge is -2.22. The Hall–Kier alpha value is -6.44. The smallest absolute Gasteiger partial charge is 0.136 e. The van der Waals surface area contributed by atoms with Crippen molar-refractivity contribution in [3.05, 3.63) is 181 Å². The summed E-state index contributed by atoms with van der Waals surface area (Å²) in [5.74, 6) is 0. The highest BCUT2D eigenvalue weighted by atomic mass is 16.3. The molecule has 0 bridgehead atoms. The predicted molar refractivity (Wildman–Crippen MR) is 220 cm³/mol. The minimum absolute atomic E-state index is 0.175. The van der Waals surface area contributed by atoms with Gasteiger partial charge < -0.3 is 4.42 Å². The first-order valence-electron chi connectivity index (χ1n) is 18.2. The first-order chi connectivity index (χ1) is 25.5. The van der Waals surface area contributed by atoms with Gasteiger partial charge in [-0.2, -0.15) is 0 Å². The molecule has 1 heterocycles. The Labute approximate surface area is 302 Å². The summed E-state index contributed by atoms with van der Waals surface area (Å²) in [6.07, 6.45) is 0. The van der Waals surface area contributed by atoms with Crippen LogP contribution in [0.5, 0.6) is 0 Å². The molecule has 1 heteroatoms. The van der Waals surface area contributed by atoms with Crippen LogP contribution in [0.4, 0.5) is 0 Å². The van der Waals surface area contributed by atoms with Crippen LogP contribution in [-0.4, -0.2) is 0 Å². The lowest BCUT2D eigenvalue weighted by atomic mass is 9.80. The molecule has 11 rings (SSSR count). The van der Waals surface area contributed by atoms with Gasteiger partial charge in [0.25, 0.3) is 0 Å². The average Bonchev–Trinajstić information content (AvgIpc) is 3.66. The van der Waals surface area contributed by atoms with E-state index in [4.69, 9.17) is 4.42 Å². The summed E-state index contributed by atoms with van der Waals surface area (Å²) in [6.45, 7) is 4.74. The molecule has 0 spiro atoms. The summed E-state index contributed by atoms with van der Waals surface area (Å²) in [6, 6.07) is 62.3. The van der Waals surface area contributed by atoms with Gasteiger partial charge in [0, 0.05) is 16.2 Å². The second-order valence-electron chi connectivity index (χ2n) is 14.8. The van der Waals surface area contributed by atoms with Gasteiger partial charge in [-0.1, -0.05) is 153 Å². The molecule has 0 amide bonds. The maximum atomic E-state index is 6.52. The van der Waals surface area contributed by atoms with E-state index in [9.17, 15) is 0 Å². The molecule has 0 atom stereocenters. The zero-order valence-corrected chi connectivity index (χ0v) is 29.1. The van der Waals surface area contributed by atoms with Crippen LogP contribution in [0.3, 0.4) is 0 Å². The van der Waals surface area contributed by atoms with Crippen LogP contribution in [0.25, 0.3) is 98.8 Å². The van der Waals surface area contributed by atoms with E-state index in [1.54, 1.807) is 0 Å². The summed E-state index contributed by atoms with van der Waals surface area (Å²) in [7, 11) is 0. The van der Waals surface area contributed by atoms with Gasteiger partial charge in [0.2, 0.25) is 0 Å². The molecular weight excluding hydrogens is 629 g/mol. The molecule has 0 saturated heterocycles. The summed E-state index contributed by atoms with van der Waals surface area (Å²) >= 11 is 0. The molecule has 0 radical (unpaired) electrons. The Balaban J connectivity index is 1.09. The van der Waals surface area contributed by atoms with Crippen molar-refractivity contribution in [1.82, 2.24) is 0 Å². The van der Waals surface area contributed by atoms with E-state index in [2.05, 4.69) is 184 Å². The molecule has 0 unspecified atom stereocenters. The Kier molecular flexibility index (Phi) is 6.08. The first kappa shape index (κ1) is 29.3. The van der Waals surface area contributed by atoms with Crippen molar-refractivity contribution in [2.45, 2.75) is 19.3 Å². The van der Waals surface area contributed by atoms with Crippen molar-refractivity contribution in [2.75, 3.05) is 0 Å². The third kappa shape index (κ3) is 4.11. The molecule has 0 aliphatic heterocycles. The topological polar surface area (TPSA) is 13.1 Å². The zero-order valence-electron chi connectivity index (χ0n) is 29.1. The molecule has 10 aromatic rings. The normalized spacial score (nSPS) is 13.3. The highest BCUT2D eigenvalue weighted by Crippen LogP contribution is 2.54. The molecule has 244 valence electrons. The number of benzene rings is 9. The van der Waals surface area contributed by atoms with Crippen LogP contribution in [0.1, 0.15) is 25.0 Å². The maximum Gasteiger partial charge on any atom is 0.136 e. The van der Waals surface area contributed by atoms with Gasteiger partial charge in [-0.3, -0.25) is 0 Å². The highest BCUT2D eigenvalue weighted by molar-refractivity contribution is 6.21. The SMILES string of the molecule is CC1(C)c2ccc(-c3cccc(-c4c5ccccc5c(-c5ccccc5)c5ccccc45)c3)cc2-c2ccc3oc4cc5ccccc5cc4c3c21. The maximum absolute atomic E-state index is 6.52. The third-order valence-electron chi connectivity index (χ3n) is 11.6. The second kappa shape index (κ2) is 10.8. The van der Waals surface area contributed by atoms with Crippen molar-refractivity contribution in [2.24, 2.45) is 0 Å². The van der Waals surface area contributed by atoms with E-state index in [-0.39, 0.29) is 5.41 Å². The fourth-order valence-electron chi connectivity index (χ4n) is 9.26. The molecule has 1 nitrogen and oxygen atoms in total. The van der Waals surface area contributed by atoms with Crippen LogP contribution >= 0.6 is 0 Å². The number of hydrogen-bond donors (Lipinski definition) is 0. The highest BCUT2D eigenvalue weighted by Gasteiger charge is 2.38. The molecule has 0 saturated carbocycles. The minimum Gasteiger partial charge on any atom is -0.456 e. The van der Waals surface area contributed by atoms with E-state index in [1.807, 2.05) is 0 Å². The Morgan fingerprint density at radius 1 is 0.385 bits per heavy atom. The largest absolute Gasteiger partial charge is 0.456 e. The molecule has 1 aliphatic rings. The number of hydrogen-bond acceptors (Lipinski definition) is 1. The van der Waals surface area contributed by atoms with Gasteiger partial charge in [-0.15, -0.1) is 0 Å². The summed E-state index contributed by atoms with van der Waals surface area (Å²) in [5, 5.41) is 9.95. The molecule has 9 aromatic carbocycles. The summed E-state index contributed by atoms with van der Waals surface area (Å²) in [5.41, 5.74) is 14.5. The molecule has 0 fully saturated rings. The zero-order chi connectivity index (χ0) is 34.6. The molecular formula is C51H34O. The van der Waals surface area contributed by atoms with E-state index < -0.39 is 0 Å². The standard InChI is InChI=1S/C51H34O/c1-51(2)44-25-23-35(28-42(44)41-24-26-45-49(50(41)51)43-29-33-15-6-7-16-34(33)30-46(43)52-45)32-17-12-18-36(27-32)48-39-21-10-8-19-37(39)47(31-13-4-3-5-14-31)38-20-9-11-22-40(38)48/h3-30H,1-2H3. The number of fused-ring (bicyclic) bond motifs is 10. The predicted octanol–water partition coefficient (Wildman–Crippen LogP) is 14.4. The Morgan fingerprint density at radius 3 is 1.67 bits per heavy atom. The minimum atomic E-state index is -0.175. The molecule has 0 N–H and O–H groups in total. The van der Waals surface area contributed by atoms with Crippen molar-refractivity contribution in [3.63, 3.8) is 0 Å². The number of furan rings is 1. The van der Waals surface area contributed by atoms with Crippen LogP contribution in [-0.2, 0) is 5.41 Å². The van der Waals surface area contributed by atoms with Crippen molar-refractivity contribution in [3.8, 4) is 44.5 Å². The van der Waals surface area contributed by atoms with Crippen LogP contribution in [0.15, 0.2) is 174 Å². The van der Waals surface area contributed by atoms with Crippen LogP contribution < -0.4 is 0 Å². The Bertz CT molecular complexity index is 3030. The third-order valence-corrected chi connectivity index (χ3v) is 11.6. The number of rotatable bonds is 3. The van der Waals surface area contributed by atoms with Gasteiger partial charge in [0.15, 0.2) is 0 Å². The fraction of sp³-hybridized carbons (Fsp3) is 0.0588. The van der Waals surface area contributed by atoms with E-state index in [1.165, 1.54) is 98.7 Å². The van der Waals surface area contributed by atoms with Crippen molar-refractivity contribution < 1.29 is 4.42 Å². The second-order valence-corrected chi connectivity index (χ2v) is 14.8. The quantitative estimate of drug-likeness (QED) is 0.172. The van der Waals surface area contributed by atoms with Gasteiger partial charge >= 0.3 is 0 Å². The van der Waals surface area contributed by atoms with Gasteiger partial charge in [-0.25, -0.2) is 0 Å². The average molecular weight is 663 g/mol. The van der Waals surface area contributed by atoms with Crippen LogP contribution in [0.2, 0.25) is 0 Å². The summed E-state index contributed by atoms with van der Waals surface area (Å²) < 4.78 is 6.52. The van der Waals surface area contributed by atoms with E-state index in [0.29, 0.717) is 0 Å². The monoisotopic (exact) mass is 662 g/mol. The van der Waals surface area contributed by atoms with E-state index >= 15 is 0 Å². The lowest BCUT2D eigenvalue weighted by Crippen LogP contribution is -2.15. The fourth-order valence-corrected chi connectivity index (χ4v) is 9.26. The van der Waals surface area contributed by atoms with Gasteiger partial charge in [-0.05, 0) is 118 Å². The lowest BCUT2D eigenvalue weighted by molar-refractivity contribution is 0.657. The molecule has 1 aromatic heterocycles. The molecule has 52 heavy (non-hydrogen) atoms. The summed E-state index contributed by atoms with van der Waals surface area (Å²) in [4.78, 5) is 0. The van der Waals surface area contributed by atoms with Gasteiger partial charge in [0.1, 0.15) is 11.2 Å². The van der Waals surface area contributed by atoms with Crippen molar-refractivity contribution >= 4 is 54.3 Å².